The summed E-state index contributed by atoms with van der Waals surface area (Å²) in [6.45, 7) is 10.3. The molecule has 0 aliphatic heterocycles. The zero-order valence-electron chi connectivity index (χ0n) is 12.7. The highest BCUT2D eigenvalue weighted by Crippen LogP contribution is 2.20. The van der Waals surface area contributed by atoms with Gasteiger partial charge in [-0.15, -0.1) is 0 Å². The van der Waals surface area contributed by atoms with E-state index < -0.39 is 0 Å². The molecule has 0 atom stereocenters. The molecule has 0 bridgehead atoms. The minimum Gasteiger partial charge on any atom is -0.396 e. The third kappa shape index (κ3) is 5.87. The predicted octanol–water partition coefficient (Wildman–Crippen LogP) is 2.06. The molecule has 0 aliphatic carbocycles. The van der Waals surface area contributed by atoms with Gasteiger partial charge in [-0.3, -0.25) is 0 Å². The van der Waals surface area contributed by atoms with Gasteiger partial charge in [0.25, 0.3) is 0 Å². The van der Waals surface area contributed by atoms with E-state index in [4.69, 9.17) is 5.11 Å². The molecule has 0 spiro atoms. The maximum Gasteiger partial charge on any atom is 0.134 e. The SMILES string of the molecule is Cc1nc(NCCCO)cc(N(C)CC(C)(C)C)n1. The summed E-state index contributed by atoms with van der Waals surface area (Å²) in [6.07, 6.45) is 0.718. The number of nitrogens with one attached hydrogen (secondary N) is 1. The molecular weight excluding hydrogens is 240 g/mol. The van der Waals surface area contributed by atoms with Crippen LogP contribution in [-0.4, -0.2) is 41.8 Å². The first-order valence-electron chi connectivity index (χ1n) is 6.73. The Morgan fingerprint density at radius 1 is 1.32 bits per heavy atom. The normalized spacial score (nSPS) is 11.5. The third-order valence-corrected chi connectivity index (χ3v) is 2.57. The quantitative estimate of drug-likeness (QED) is 0.772. The summed E-state index contributed by atoms with van der Waals surface area (Å²) in [6, 6.07) is 1.95. The highest BCUT2D eigenvalue weighted by atomic mass is 16.3. The molecule has 0 aliphatic rings. The van der Waals surface area contributed by atoms with Gasteiger partial charge in [-0.05, 0) is 18.8 Å². The number of aliphatic hydroxyl groups is 1. The lowest BCUT2D eigenvalue weighted by Gasteiger charge is -2.27. The van der Waals surface area contributed by atoms with E-state index in [1.165, 1.54) is 0 Å². The van der Waals surface area contributed by atoms with Crippen LogP contribution in [0.5, 0.6) is 0 Å². The monoisotopic (exact) mass is 266 g/mol. The van der Waals surface area contributed by atoms with Gasteiger partial charge in [0.1, 0.15) is 17.5 Å². The van der Waals surface area contributed by atoms with Crippen molar-refractivity contribution in [1.82, 2.24) is 9.97 Å². The van der Waals surface area contributed by atoms with Crippen molar-refractivity contribution in [3.63, 3.8) is 0 Å². The van der Waals surface area contributed by atoms with Gasteiger partial charge in [0.05, 0.1) is 0 Å². The number of nitrogens with zero attached hydrogens (tertiary/aromatic N) is 3. The lowest BCUT2D eigenvalue weighted by molar-refractivity contribution is 0.292. The molecular formula is C14H26N4O. The first-order valence-corrected chi connectivity index (χ1v) is 6.73. The molecule has 1 rings (SSSR count). The predicted molar refractivity (Wildman–Crippen MR) is 79.7 cm³/mol. The Bertz CT molecular complexity index is 401. The topological polar surface area (TPSA) is 61.3 Å². The zero-order valence-corrected chi connectivity index (χ0v) is 12.7. The van der Waals surface area contributed by atoms with Gasteiger partial charge in [-0.2, -0.15) is 0 Å². The second kappa shape index (κ2) is 6.70. The van der Waals surface area contributed by atoms with Crippen molar-refractivity contribution >= 4 is 11.6 Å². The van der Waals surface area contributed by atoms with Crippen LogP contribution in [0, 0.1) is 12.3 Å². The van der Waals surface area contributed by atoms with Crippen LogP contribution in [0.4, 0.5) is 11.6 Å². The second-order valence-corrected chi connectivity index (χ2v) is 6.08. The summed E-state index contributed by atoms with van der Waals surface area (Å²) >= 11 is 0. The minimum absolute atomic E-state index is 0.188. The fourth-order valence-electron chi connectivity index (χ4n) is 1.93. The molecule has 1 heterocycles. The van der Waals surface area contributed by atoms with Crippen molar-refractivity contribution in [2.75, 3.05) is 37.0 Å². The fourth-order valence-corrected chi connectivity index (χ4v) is 1.93. The standard InChI is InChI=1S/C14H26N4O/c1-11-16-12(15-7-6-8-19)9-13(17-11)18(5)10-14(2,3)4/h9,19H,6-8,10H2,1-5H3,(H,15,16,17). The summed E-state index contributed by atoms with van der Waals surface area (Å²) < 4.78 is 0. The summed E-state index contributed by atoms with van der Waals surface area (Å²) in [5, 5.41) is 12.0. The van der Waals surface area contributed by atoms with Crippen LogP contribution < -0.4 is 10.2 Å². The van der Waals surface area contributed by atoms with E-state index in [9.17, 15) is 0 Å². The Morgan fingerprint density at radius 3 is 2.58 bits per heavy atom. The van der Waals surface area contributed by atoms with Crippen LogP contribution in [0.15, 0.2) is 6.07 Å². The van der Waals surface area contributed by atoms with Crippen molar-refractivity contribution in [1.29, 1.82) is 0 Å². The van der Waals surface area contributed by atoms with E-state index in [0.29, 0.717) is 0 Å². The Morgan fingerprint density at radius 2 is 2.00 bits per heavy atom. The first-order chi connectivity index (χ1) is 8.81. The lowest BCUT2D eigenvalue weighted by atomic mass is 9.96. The van der Waals surface area contributed by atoms with E-state index in [1.54, 1.807) is 0 Å². The Kier molecular flexibility index (Phi) is 5.54. The Labute approximate surface area is 116 Å². The van der Waals surface area contributed by atoms with Crippen LogP contribution >= 0.6 is 0 Å². The Balaban J connectivity index is 2.78. The maximum atomic E-state index is 8.79. The van der Waals surface area contributed by atoms with Crippen molar-refractivity contribution in [3.05, 3.63) is 11.9 Å². The smallest absolute Gasteiger partial charge is 0.134 e. The highest BCUT2D eigenvalue weighted by Gasteiger charge is 2.15. The van der Waals surface area contributed by atoms with Gasteiger partial charge >= 0.3 is 0 Å². The van der Waals surface area contributed by atoms with Crippen LogP contribution in [0.1, 0.15) is 33.0 Å². The number of rotatable bonds is 6. The van der Waals surface area contributed by atoms with Gasteiger partial charge in [0.15, 0.2) is 0 Å². The van der Waals surface area contributed by atoms with E-state index in [1.807, 2.05) is 20.0 Å². The molecule has 5 heteroatoms. The van der Waals surface area contributed by atoms with E-state index in [-0.39, 0.29) is 12.0 Å². The number of anilines is 2. The fraction of sp³-hybridized carbons (Fsp3) is 0.714. The molecule has 0 aromatic carbocycles. The van der Waals surface area contributed by atoms with Crippen molar-refractivity contribution < 1.29 is 5.11 Å². The molecule has 0 saturated carbocycles. The molecule has 0 radical (unpaired) electrons. The van der Waals surface area contributed by atoms with E-state index in [2.05, 4.69) is 41.0 Å². The van der Waals surface area contributed by atoms with Gasteiger partial charge in [-0.25, -0.2) is 9.97 Å². The van der Waals surface area contributed by atoms with E-state index in [0.717, 1.165) is 37.0 Å². The highest BCUT2D eigenvalue weighted by molar-refractivity contribution is 5.49. The van der Waals surface area contributed by atoms with Gasteiger partial charge in [0, 0.05) is 32.8 Å². The van der Waals surface area contributed by atoms with Crippen LogP contribution in [0.3, 0.4) is 0 Å². The summed E-state index contributed by atoms with van der Waals surface area (Å²) in [7, 11) is 2.05. The molecule has 0 saturated heterocycles. The van der Waals surface area contributed by atoms with Crippen molar-refractivity contribution in [2.45, 2.75) is 34.1 Å². The molecule has 108 valence electrons. The van der Waals surface area contributed by atoms with Gasteiger partial charge in [0.2, 0.25) is 0 Å². The van der Waals surface area contributed by atoms with Crippen molar-refractivity contribution in [3.8, 4) is 0 Å². The first kappa shape index (κ1) is 15.7. The molecule has 1 aromatic heterocycles. The number of aliphatic hydroxyl groups excluding tert-OH is 1. The maximum absolute atomic E-state index is 8.79. The molecule has 1 aromatic rings. The average molecular weight is 266 g/mol. The largest absolute Gasteiger partial charge is 0.396 e. The van der Waals surface area contributed by atoms with Gasteiger partial charge < -0.3 is 15.3 Å². The van der Waals surface area contributed by atoms with Crippen LogP contribution in [0.25, 0.3) is 0 Å². The van der Waals surface area contributed by atoms with Crippen LogP contribution in [-0.2, 0) is 0 Å². The van der Waals surface area contributed by atoms with Crippen molar-refractivity contribution in [2.24, 2.45) is 5.41 Å². The Hall–Kier alpha value is -1.36. The molecule has 0 amide bonds. The summed E-state index contributed by atoms with van der Waals surface area (Å²) in [4.78, 5) is 11.0. The number of aryl methyl sites for hydroxylation is 1. The number of hydrogen-bond donors (Lipinski definition) is 2. The summed E-state index contributed by atoms with van der Waals surface area (Å²) in [5.41, 5.74) is 0.220. The van der Waals surface area contributed by atoms with Gasteiger partial charge in [-0.1, -0.05) is 20.8 Å². The second-order valence-electron chi connectivity index (χ2n) is 6.08. The average Bonchev–Trinajstić information content (AvgIpc) is 2.26. The van der Waals surface area contributed by atoms with E-state index >= 15 is 0 Å². The summed E-state index contributed by atoms with van der Waals surface area (Å²) in [5.74, 6) is 2.50. The molecule has 5 nitrogen and oxygen atoms in total. The third-order valence-electron chi connectivity index (χ3n) is 2.57. The van der Waals surface area contributed by atoms with Crippen LogP contribution in [0.2, 0.25) is 0 Å². The molecule has 0 unspecified atom stereocenters. The number of aromatic nitrogens is 2. The lowest BCUT2D eigenvalue weighted by Crippen LogP contribution is -2.30. The minimum atomic E-state index is 0.188. The number of hydrogen-bond acceptors (Lipinski definition) is 5. The molecule has 2 N–H and O–H groups in total. The zero-order chi connectivity index (χ0) is 14.5. The molecule has 19 heavy (non-hydrogen) atoms. The molecule has 0 fully saturated rings.